The second-order valence-electron chi connectivity index (χ2n) is 4.53. The minimum absolute atomic E-state index is 0.0619. The van der Waals surface area contributed by atoms with E-state index >= 15 is 0 Å². The average Bonchev–Trinajstić information content (AvgIpc) is 2.47. The van der Waals surface area contributed by atoms with E-state index in [4.69, 9.17) is 15.6 Å². The maximum absolute atomic E-state index is 11.0. The zero-order chi connectivity index (χ0) is 15.2. The van der Waals surface area contributed by atoms with Gasteiger partial charge in [-0.2, -0.15) is 0 Å². The third-order valence-corrected chi connectivity index (χ3v) is 2.88. The summed E-state index contributed by atoms with van der Waals surface area (Å²) in [7, 11) is 0. The summed E-state index contributed by atoms with van der Waals surface area (Å²) in [4.78, 5) is 18.7. The number of ether oxygens (including phenoxy) is 1. The largest absolute Gasteiger partial charge is 0.494 e. The van der Waals surface area contributed by atoms with E-state index < -0.39 is 5.97 Å². The summed E-state index contributed by atoms with van der Waals surface area (Å²) in [5.74, 6) is -0.425. The third kappa shape index (κ3) is 3.92. The molecule has 0 aliphatic rings. The van der Waals surface area contributed by atoms with Gasteiger partial charge in [0.05, 0.1) is 12.3 Å². The number of anilines is 1. The van der Waals surface area contributed by atoms with E-state index in [2.05, 4.69) is 16.9 Å². The predicted octanol–water partition coefficient (Wildman–Crippen LogP) is 2.60. The number of aromatic nitrogens is 2. The minimum atomic E-state index is -1.13. The standard InChI is InChI=1S/C15H17N3O3/c1-2-3-8-21-11-6-4-10(5-7-11)12-9-13(14(19)20)18-15(16)17-12/h4-7,9H,2-3,8H2,1H3,(H,19,20)(H2,16,17,18). The molecule has 0 unspecified atom stereocenters. The van der Waals surface area contributed by atoms with Crippen molar-refractivity contribution in [1.29, 1.82) is 0 Å². The topological polar surface area (TPSA) is 98.3 Å². The Balaban J connectivity index is 2.20. The summed E-state index contributed by atoms with van der Waals surface area (Å²) in [5, 5.41) is 8.98. The molecule has 0 aliphatic heterocycles. The maximum Gasteiger partial charge on any atom is 0.354 e. The summed E-state index contributed by atoms with van der Waals surface area (Å²) in [6.07, 6.45) is 2.09. The lowest BCUT2D eigenvalue weighted by molar-refractivity contribution is 0.0690. The summed E-state index contributed by atoms with van der Waals surface area (Å²) in [6.45, 7) is 2.78. The van der Waals surface area contributed by atoms with E-state index in [0.717, 1.165) is 24.2 Å². The number of hydrogen-bond donors (Lipinski definition) is 2. The number of nitrogens with zero attached hydrogens (tertiary/aromatic N) is 2. The van der Waals surface area contributed by atoms with Gasteiger partial charge < -0.3 is 15.6 Å². The molecule has 1 aromatic heterocycles. The SMILES string of the molecule is CCCCOc1ccc(-c2cc(C(=O)O)nc(N)n2)cc1. The van der Waals surface area contributed by atoms with E-state index in [0.29, 0.717) is 12.3 Å². The Kier molecular flexibility index (Phi) is 4.71. The molecule has 21 heavy (non-hydrogen) atoms. The number of carboxylic acid groups (broad SMARTS) is 1. The summed E-state index contributed by atoms with van der Waals surface area (Å²) in [5.41, 5.74) is 6.64. The van der Waals surface area contributed by atoms with Gasteiger partial charge in [0.25, 0.3) is 0 Å². The Morgan fingerprint density at radius 3 is 2.62 bits per heavy atom. The number of unbranched alkanes of at least 4 members (excludes halogenated alkanes) is 1. The van der Waals surface area contributed by atoms with Crippen molar-refractivity contribution in [3.63, 3.8) is 0 Å². The van der Waals surface area contributed by atoms with Gasteiger partial charge in [-0.25, -0.2) is 14.8 Å². The number of nitrogens with two attached hydrogens (primary N) is 1. The van der Waals surface area contributed by atoms with Crippen LogP contribution >= 0.6 is 0 Å². The Labute approximate surface area is 122 Å². The number of carboxylic acids is 1. The van der Waals surface area contributed by atoms with E-state index in [1.54, 1.807) is 0 Å². The number of hydrogen-bond acceptors (Lipinski definition) is 5. The number of benzene rings is 1. The van der Waals surface area contributed by atoms with Crippen molar-refractivity contribution in [3.05, 3.63) is 36.0 Å². The highest BCUT2D eigenvalue weighted by Crippen LogP contribution is 2.22. The molecule has 3 N–H and O–H groups in total. The number of aromatic carboxylic acids is 1. The molecule has 6 nitrogen and oxygen atoms in total. The monoisotopic (exact) mass is 287 g/mol. The summed E-state index contributed by atoms with van der Waals surface area (Å²) in [6, 6.07) is 8.67. The van der Waals surface area contributed by atoms with Crippen LogP contribution in [0.25, 0.3) is 11.3 Å². The van der Waals surface area contributed by atoms with Gasteiger partial charge in [0, 0.05) is 5.56 Å². The van der Waals surface area contributed by atoms with Crippen molar-refractivity contribution in [3.8, 4) is 17.0 Å². The van der Waals surface area contributed by atoms with Gasteiger partial charge in [-0.1, -0.05) is 13.3 Å². The van der Waals surface area contributed by atoms with Crippen LogP contribution in [0.5, 0.6) is 5.75 Å². The molecule has 0 fully saturated rings. The average molecular weight is 287 g/mol. The van der Waals surface area contributed by atoms with Gasteiger partial charge in [-0.05, 0) is 36.8 Å². The molecule has 0 amide bonds. The molecule has 0 bridgehead atoms. The van der Waals surface area contributed by atoms with Crippen LogP contribution in [0.15, 0.2) is 30.3 Å². The molecule has 2 rings (SSSR count). The molecule has 0 saturated carbocycles. The van der Waals surface area contributed by atoms with Crippen molar-refractivity contribution < 1.29 is 14.6 Å². The maximum atomic E-state index is 11.0. The van der Waals surface area contributed by atoms with Gasteiger partial charge in [0.1, 0.15) is 5.75 Å². The minimum Gasteiger partial charge on any atom is -0.494 e. The Bertz CT molecular complexity index is 627. The fraction of sp³-hybridized carbons (Fsp3) is 0.267. The van der Waals surface area contributed by atoms with Crippen molar-refractivity contribution in [2.75, 3.05) is 12.3 Å². The molecule has 0 spiro atoms. The van der Waals surface area contributed by atoms with E-state index in [-0.39, 0.29) is 11.6 Å². The van der Waals surface area contributed by atoms with Crippen LogP contribution in [-0.2, 0) is 0 Å². The Morgan fingerprint density at radius 2 is 2.00 bits per heavy atom. The first-order valence-electron chi connectivity index (χ1n) is 6.71. The van der Waals surface area contributed by atoms with Crippen LogP contribution < -0.4 is 10.5 Å². The molecule has 0 atom stereocenters. The second-order valence-corrected chi connectivity index (χ2v) is 4.53. The second kappa shape index (κ2) is 6.69. The van der Waals surface area contributed by atoms with Crippen molar-refractivity contribution >= 4 is 11.9 Å². The summed E-state index contributed by atoms with van der Waals surface area (Å²) < 4.78 is 5.57. The Hall–Kier alpha value is -2.63. The van der Waals surface area contributed by atoms with Crippen molar-refractivity contribution in [2.45, 2.75) is 19.8 Å². The molecule has 2 aromatic rings. The molecule has 0 radical (unpaired) electrons. The molecular weight excluding hydrogens is 270 g/mol. The van der Waals surface area contributed by atoms with Crippen LogP contribution in [0, 0.1) is 0 Å². The predicted molar refractivity (Wildman–Crippen MR) is 79.2 cm³/mol. The van der Waals surface area contributed by atoms with Gasteiger partial charge in [-0.3, -0.25) is 0 Å². The lowest BCUT2D eigenvalue weighted by Gasteiger charge is -2.07. The van der Waals surface area contributed by atoms with Gasteiger partial charge in [0.15, 0.2) is 5.69 Å². The zero-order valence-electron chi connectivity index (χ0n) is 11.7. The zero-order valence-corrected chi connectivity index (χ0v) is 11.7. The van der Waals surface area contributed by atoms with Crippen LogP contribution in [0.2, 0.25) is 0 Å². The van der Waals surface area contributed by atoms with Crippen LogP contribution in [-0.4, -0.2) is 27.7 Å². The summed E-state index contributed by atoms with van der Waals surface area (Å²) >= 11 is 0. The molecule has 1 heterocycles. The van der Waals surface area contributed by atoms with Crippen LogP contribution in [0.1, 0.15) is 30.3 Å². The van der Waals surface area contributed by atoms with E-state index in [1.807, 2.05) is 24.3 Å². The molecule has 1 aromatic carbocycles. The fourth-order valence-corrected chi connectivity index (χ4v) is 1.78. The van der Waals surface area contributed by atoms with E-state index in [9.17, 15) is 4.79 Å². The normalized spacial score (nSPS) is 10.3. The van der Waals surface area contributed by atoms with Gasteiger partial charge in [-0.15, -0.1) is 0 Å². The number of carbonyl (C=O) groups is 1. The lowest BCUT2D eigenvalue weighted by Crippen LogP contribution is -2.06. The molecule has 0 saturated heterocycles. The molecule has 0 aliphatic carbocycles. The molecule has 6 heteroatoms. The first-order valence-corrected chi connectivity index (χ1v) is 6.71. The lowest BCUT2D eigenvalue weighted by atomic mass is 10.1. The van der Waals surface area contributed by atoms with Gasteiger partial charge in [0.2, 0.25) is 5.95 Å². The number of nitrogen functional groups attached to an aromatic ring is 1. The number of rotatable bonds is 6. The van der Waals surface area contributed by atoms with Crippen LogP contribution in [0.3, 0.4) is 0 Å². The first kappa shape index (κ1) is 14.8. The molecular formula is C15H17N3O3. The first-order chi connectivity index (χ1) is 10.1. The van der Waals surface area contributed by atoms with Crippen molar-refractivity contribution in [2.24, 2.45) is 0 Å². The smallest absolute Gasteiger partial charge is 0.354 e. The quantitative estimate of drug-likeness (QED) is 0.792. The van der Waals surface area contributed by atoms with Crippen LogP contribution in [0.4, 0.5) is 5.95 Å². The third-order valence-electron chi connectivity index (χ3n) is 2.88. The van der Waals surface area contributed by atoms with Crippen molar-refractivity contribution in [1.82, 2.24) is 9.97 Å². The molecule has 110 valence electrons. The highest BCUT2D eigenvalue weighted by Gasteiger charge is 2.10. The highest BCUT2D eigenvalue weighted by atomic mass is 16.5. The Morgan fingerprint density at radius 1 is 1.29 bits per heavy atom. The van der Waals surface area contributed by atoms with Gasteiger partial charge >= 0.3 is 5.97 Å². The van der Waals surface area contributed by atoms with E-state index in [1.165, 1.54) is 6.07 Å². The fourth-order valence-electron chi connectivity index (χ4n) is 1.78. The highest BCUT2D eigenvalue weighted by molar-refractivity contribution is 5.87.